The van der Waals surface area contributed by atoms with Crippen LogP contribution in [0, 0.1) is 0 Å². The van der Waals surface area contributed by atoms with E-state index in [4.69, 9.17) is 0 Å². The largest absolute Gasteiger partial charge is 0.345 e. The van der Waals surface area contributed by atoms with E-state index in [1.54, 1.807) is 6.33 Å². The van der Waals surface area contributed by atoms with Crippen molar-refractivity contribution in [1.82, 2.24) is 15.3 Å². The summed E-state index contributed by atoms with van der Waals surface area (Å²) < 4.78 is 0. The second-order valence-electron chi connectivity index (χ2n) is 5.51. The highest BCUT2D eigenvalue weighted by Gasteiger charge is 2.18. The Morgan fingerprint density at radius 2 is 1.96 bits per heavy atom. The second-order valence-corrected chi connectivity index (χ2v) is 6.29. The Kier molecular flexibility index (Phi) is 3.84. The predicted molar refractivity (Wildman–Crippen MR) is 96.2 cm³/mol. The molecule has 0 fully saturated rings. The number of aromatic amines is 1. The van der Waals surface area contributed by atoms with E-state index in [0.717, 1.165) is 22.2 Å². The third-order valence-electron chi connectivity index (χ3n) is 3.97. The van der Waals surface area contributed by atoms with Crippen molar-refractivity contribution in [2.75, 3.05) is 0 Å². The van der Waals surface area contributed by atoms with E-state index >= 15 is 0 Å². The third kappa shape index (κ3) is 2.81. The van der Waals surface area contributed by atoms with Gasteiger partial charge in [-0.25, -0.2) is 4.98 Å². The number of thiophene rings is 1. The molecule has 0 saturated carbocycles. The maximum absolute atomic E-state index is 12.6. The Bertz CT molecular complexity index is 961. The summed E-state index contributed by atoms with van der Waals surface area (Å²) in [6.07, 6.45) is 1.68. The average Bonchev–Trinajstić information content (AvgIpc) is 3.31. The molecule has 1 atom stereocenters. The SMILES string of the molecule is O=C(N[C@H](c1ccccc1)c1ccc2nc[nH]c2c1)c1ccsc1. The van der Waals surface area contributed by atoms with Crippen LogP contribution in [0.1, 0.15) is 27.5 Å². The topological polar surface area (TPSA) is 57.8 Å². The maximum Gasteiger partial charge on any atom is 0.252 e. The molecule has 2 aromatic carbocycles. The lowest BCUT2D eigenvalue weighted by molar-refractivity contribution is 0.0943. The molecule has 118 valence electrons. The molecule has 4 aromatic rings. The van der Waals surface area contributed by atoms with Gasteiger partial charge in [0, 0.05) is 5.38 Å². The van der Waals surface area contributed by atoms with Crippen LogP contribution in [-0.4, -0.2) is 15.9 Å². The summed E-state index contributed by atoms with van der Waals surface area (Å²) in [7, 11) is 0. The first kappa shape index (κ1) is 14.7. The van der Waals surface area contributed by atoms with Crippen molar-refractivity contribution in [3.63, 3.8) is 0 Å². The number of hydrogen-bond donors (Lipinski definition) is 2. The first-order valence-electron chi connectivity index (χ1n) is 7.62. The van der Waals surface area contributed by atoms with Gasteiger partial charge in [-0.2, -0.15) is 11.3 Å². The lowest BCUT2D eigenvalue weighted by atomic mass is 9.98. The summed E-state index contributed by atoms with van der Waals surface area (Å²) in [5.74, 6) is -0.0742. The number of aromatic nitrogens is 2. The first-order valence-corrected chi connectivity index (χ1v) is 8.56. The van der Waals surface area contributed by atoms with Gasteiger partial charge >= 0.3 is 0 Å². The molecule has 0 aliphatic heterocycles. The second kappa shape index (κ2) is 6.29. The minimum Gasteiger partial charge on any atom is -0.345 e. The summed E-state index contributed by atoms with van der Waals surface area (Å²) in [5, 5.41) is 6.90. The smallest absolute Gasteiger partial charge is 0.252 e. The van der Waals surface area contributed by atoms with Gasteiger partial charge in [0.2, 0.25) is 0 Å². The molecule has 0 spiro atoms. The van der Waals surface area contributed by atoms with Gasteiger partial charge in [0.1, 0.15) is 0 Å². The third-order valence-corrected chi connectivity index (χ3v) is 4.65. The van der Waals surface area contributed by atoms with Crippen LogP contribution >= 0.6 is 11.3 Å². The van der Waals surface area contributed by atoms with Crippen LogP contribution in [0.2, 0.25) is 0 Å². The number of amides is 1. The van der Waals surface area contributed by atoms with Crippen molar-refractivity contribution in [1.29, 1.82) is 0 Å². The molecule has 24 heavy (non-hydrogen) atoms. The summed E-state index contributed by atoms with van der Waals surface area (Å²) >= 11 is 1.52. The van der Waals surface area contributed by atoms with E-state index in [0.29, 0.717) is 5.56 Å². The number of nitrogens with one attached hydrogen (secondary N) is 2. The Morgan fingerprint density at radius 1 is 1.08 bits per heavy atom. The fourth-order valence-electron chi connectivity index (χ4n) is 2.75. The summed E-state index contributed by atoms with van der Waals surface area (Å²) in [5.41, 5.74) is 4.61. The number of imidazole rings is 1. The van der Waals surface area contributed by atoms with Gasteiger partial charge in [0.15, 0.2) is 0 Å². The highest BCUT2D eigenvalue weighted by Crippen LogP contribution is 2.25. The number of benzene rings is 2. The molecule has 4 rings (SSSR count). The summed E-state index contributed by atoms with van der Waals surface area (Å²) in [4.78, 5) is 19.9. The molecule has 0 radical (unpaired) electrons. The van der Waals surface area contributed by atoms with Gasteiger partial charge < -0.3 is 10.3 Å². The van der Waals surface area contributed by atoms with Crippen LogP contribution in [0.5, 0.6) is 0 Å². The minimum absolute atomic E-state index is 0.0742. The first-order chi connectivity index (χ1) is 11.8. The zero-order valence-corrected chi connectivity index (χ0v) is 13.6. The quantitative estimate of drug-likeness (QED) is 0.589. The van der Waals surface area contributed by atoms with Crippen LogP contribution in [-0.2, 0) is 0 Å². The molecule has 0 unspecified atom stereocenters. The van der Waals surface area contributed by atoms with Gasteiger partial charge in [-0.1, -0.05) is 36.4 Å². The van der Waals surface area contributed by atoms with Gasteiger partial charge in [-0.15, -0.1) is 0 Å². The van der Waals surface area contributed by atoms with Crippen molar-refractivity contribution in [2.45, 2.75) is 6.04 Å². The number of carbonyl (C=O) groups is 1. The van der Waals surface area contributed by atoms with Crippen molar-refractivity contribution < 1.29 is 4.79 Å². The fraction of sp³-hybridized carbons (Fsp3) is 0.0526. The lowest BCUT2D eigenvalue weighted by Crippen LogP contribution is -2.29. The Hall–Kier alpha value is -2.92. The molecule has 2 heterocycles. The lowest BCUT2D eigenvalue weighted by Gasteiger charge is -2.19. The maximum atomic E-state index is 12.6. The fourth-order valence-corrected chi connectivity index (χ4v) is 3.38. The molecule has 0 bridgehead atoms. The monoisotopic (exact) mass is 333 g/mol. The van der Waals surface area contributed by atoms with Gasteiger partial charge in [-0.3, -0.25) is 4.79 Å². The van der Waals surface area contributed by atoms with Gasteiger partial charge in [0.05, 0.1) is 29.0 Å². The van der Waals surface area contributed by atoms with E-state index in [-0.39, 0.29) is 11.9 Å². The van der Waals surface area contributed by atoms with E-state index in [1.807, 2.05) is 65.4 Å². The number of nitrogens with zero attached hydrogens (tertiary/aromatic N) is 1. The molecule has 4 nitrogen and oxygen atoms in total. The molecule has 1 amide bonds. The highest BCUT2D eigenvalue weighted by molar-refractivity contribution is 7.08. The van der Waals surface area contributed by atoms with E-state index in [9.17, 15) is 4.79 Å². The van der Waals surface area contributed by atoms with Crippen molar-refractivity contribution in [2.24, 2.45) is 0 Å². The molecular weight excluding hydrogens is 318 g/mol. The number of H-pyrrole nitrogens is 1. The normalized spacial score (nSPS) is 12.2. The molecule has 2 N–H and O–H groups in total. The number of hydrogen-bond acceptors (Lipinski definition) is 3. The van der Waals surface area contributed by atoms with Gasteiger partial charge in [0.25, 0.3) is 5.91 Å². The Morgan fingerprint density at radius 3 is 2.75 bits per heavy atom. The van der Waals surface area contributed by atoms with Crippen molar-refractivity contribution in [3.05, 3.63) is 88.4 Å². The van der Waals surface area contributed by atoms with Crippen LogP contribution < -0.4 is 5.32 Å². The van der Waals surface area contributed by atoms with Crippen LogP contribution in [0.25, 0.3) is 11.0 Å². The highest BCUT2D eigenvalue weighted by atomic mass is 32.1. The number of fused-ring (bicyclic) bond motifs is 1. The van der Waals surface area contributed by atoms with Crippen molar-refractivity contribution >= 4 is 28.3 Å². The molecule has 2 aromatic heterocycles. The van der Waals surface area contributed by atoms with Crippen molar-refractivity contribution in [3.8, 4) is 0 Å². The Balaban J connectivity index is 1.73. The molecule has 0 saturated heterocycles. The summed E-state index contributed by atoms with van der Waals surface area (Å²) in [6, 6.07) is 17.6. The standard InChI is InChI=1S/C19H15N3OS/c23-19(15-8-9-24-11-15)22-18(13-4-2-1-3-5-13)14-6-7-16-17(10-14)21-12-20-16/h1-12,18H,(H,20,21)(H,22,23)/t18-/m1/s1. The van der Waals surface area contributed by atoms with E-state index < -0.39 is 0 Å². The zero-order chi connectivity index (χ0) is 16.4. The predicted octanol–water partition coefficient (Wildman–Crippen LogP) is 4.14. The molecular formula is C19H15N3OS. The Labute approximate surface area is 143 Å². The number of rotatable bonds is 4. The van der Waals surface area contributed by atoms with Gasteiger partial charge in [-0.05, 0) is 34.7 Å². The van der Waals surface area contributed by atoms with Crippen LogP contribution in [0.15, 0.2) is 71.7 Å². The van der Waals surface area contributed by atoms with E-state index in [1.165, 1.54) is 11.3 Å². The molecule has 0 aliphatic rings. The zero-order valence-electron chi connectivity index (χ0n) is 12.8. The van der Waals surface area contributed by atoms with Crippen LogP contribution in [0.4, 0.5) is 0 Å². The summed E-state index contributed by atoms with van der Waals surface area (Å²) in [6.45, 7) is 0. The van der Waals surface area contributed by atoms with E-state index in [2.05, 4.69) is 15.3 Å². The molecule has 0 aliphatic carbocycles. The van der Waals surface area contributed by atoms with Crippen LogP contribution in [0.3, 0.4) is 0 Å². The minimum atomic E-state index is -0.216. The number of carbonyl (C=O) groups excluding carboxylic acids is 1. The molecule has 5 heteroatoms. The average molecular weight is 333 g/mol.